The van der Waals surface area contributed by atoms with E-state index in [1.54, 1.807) is 17.0 Å². The number of hydrogen-bond acceptors (Lipinski definition) is 3. The number of ether oxygens (including phenoxy) is 1. The van der Waals surface area contributed by atoms with Gasteiger partial charge in [-0.2, -0.15) is 0 Å². The zero-order valence-electron chi connectivity index (χ0n) is 14.9. The molecule has 1 aliphatic rings. The zero-order chi connectivity index (χ0) is 18.7. The fraction of sp³-hybridized carbons (Fsp3) is 0.174. The molecule has 4 nitrogen and oxygen atoms in total. The van der Waals surface area contributed by atoms with Gasteiger partial charge in [0.25, 0.3) is 5.91 Å². The third-order valence-corrected chi connectivity index (χ3v) is 4.92. The van der Waals surface area contributed by atoms with Crippen LogP contribution < -0.4 is 0 Å². The molecule has 0 aliphatic carbocycles. The van der Waals surface area contributed by atoms with E-state index >= 15 is 0 Å². The van der Waals surface area contributed by atoms with Gasteiger partial charge in [0, 0.05) is 17.7 Å². The SMILES string of the molecule is O=C(c1ccccc1)N1CCOC(O)(c2ccccc2)C1c1ccccc1. The smallest absolute Gasteiger partial charge is 0.254 e. The number of aliphatic hydroxyl groups is 1. The maximum Gasteiger partial charge on any atom is 0.254 e. The average Bonchev–Trinajstić information content (AvgIpc) is 2.75. The number of morpholine rings is 1. The fourth-order valence-electron chi connectivity index (χ4n) is 3.64. The van der Waals surface area contributed by atoms with E-state index in [1.165, 1.54) is 0 Å². The Morgan fingerprint density at radius 1 is 0.889 bits per heavy atom. The quantitative estimate of drug-likeness (QED) is 0.775. The lowest BCUT2D eigenvalue weighted by Gasteiger charge is -2.47. The molecule has 2 unspecified atom stereocenters. The van der Waals surface area contributed by atoms with Crippen molar-refractivity contribution in [1.29, 1.82) is 0 Å². The van der Waals surface area contributed by atoms with Gasteiger partial charge in [0.05, 0.1) is 6.61 Å². The van der Waals surface area contributed by atoms with Crippen LogP contribution in [0.1, 0.15) is 27.5 Å². The van der Waals surface area contributed by atoms with E-state index in [0.717, 1.165) is 5.56 Å². The van der Waals surface area contributed by atoms with Gasteiger partial charge in [-0.05, 0) is 17.7 Å². The van der Waals surface area contributed by atoms with Crippen molar-refractivity contribution in [2.24, 2.45) is 0 Å². The van der Waals surface area contributed by atoms with Gasteiger partial charge in [0.2, 0.25) is 5.79 Å². The van der Waals surface area contributed by atoms with Crippen molar-refractivity contribution in [1.82, 2.24) is 4.90 Å². The van der Waals surface area contributed by atoms with Gasteiger partial charge in [-0.25, -0.2) is 0 Å². The second-order valence-electron chi connectivity index (χ2n) is 6.59. The molecule has 1 fully saturated rings. The highest BCUT2D eigenvalue weighted by Gasteiger charge is 2.48. The molecule has 0 saturated carbocycles. The Morgan fingerprint density at radius 3 is 2.07 bits per heavy atom. The van der Waals surface area contributed by atoms with E-state index in [-0.39, 0.29) is 12.5 Å². The maximum atomic E-state index is 13.3. The van der Waals surface area contributed by atoms with Crippen molar-refractivity contribution in [2.45, 2.75) is 11.8 Å². The van der Waals surface area contributed by atoms with Crippen LogP contribution in [0.15, 0.2) is 91.0 Å². The van der Waals surface area contributed by atoms with Gasteiger partial charge < -0.3 is 14.7 Å². The molecule has 4 heteroatoms. The molecule has 0 radical (unpaired) electrons. The van der Waals surface area contributed by atoms with Gasteiger partial charge in [-0.15, -0.1) is 0 Å². The van der Waals surface area contributed by atoms with Crippen LogP contribution in [0.3, 0.4) is 0 Å². The first-order chi connectivity index (χ1) is 13.2. The van der Waals surface area contributed by atoms with Gasteiger partial charge >= 0.3 is 0 Å². The van der Waals surface area contributed by atoms with Crippen LogP contribution in [0.5, 0.6) is 0 Å². The Labute approximate surface area is 158 Å². The molecular weight excluding hydrogens is 338 g/mol. The van der Waals surface area contributed by atoms with Crippen molar-refractivity contribution >= 4 is 5.91 Å². The van der Waals surface area contributed by atoms with Crippen molar-refractivity contribution in [3.8, 4) is 0 Å². The van der Waals surface area contributed by atoms with E-state index in [1.807, 2.05) is 78.9 Å². The lowest BCUT2D eigenvalue weighted by Crippen LogP contribution is -2.54. The Kier molecular flexibility index (Phi) is 4.75. The molecule has 3 aromatic carbocycles. The highest BCUT2D eigenvalue weighted by atomic mass is 16.6. The lowest BCUT2D eigenvalue weighted by molar-refractivity contribution is -0.273. The van der Waals surface area contributed by atoms with E-state index in [2.05, 4.69) is 0 Å². The van der Waals surface area contributed by atoms with Crippen LogP contribution in [-0.2, 0) is 10.5 Å². The summed E-state index contributed by atoms with van der Waals surface area (Å²) in [4.78, 5) is 15.0. The summed E-state index contributed by atoms with van der Waals surface area (Å²) in [5, 5.41) is 11.6. The Hall–Kier alpha value is -2.95. The standard InChI is InChI=1S/C23H21NO3/c25-22(19-12-6-2-7-13-19)24-16-17-27-23(26,20-14-8-3-9-15-20)21(24)18-10-4-1-5-11-18/h1-15,21,26H,16-17H2. The second kappa shape index (κ2) is 7.35. The summed E-state index contributed by atoms with van der Waals surface area (Å²) in [5.41, 5.74) is 2.05. The van der Waals surface area contributed by atoms with Crippen molar-refractivity contribution in [2.75, 3.05) is 13.2 Å². The summed E-state index contributed by atoms with van der Waals surface area (Å²) in [6.45, 7) is 0.662. The number of carbonyl (C=O) groups is 1. The summed E-state index contributed by atoms with van der Waals surface area (Å²) < 4.78 is 5.90. The Bertz CT molecular complexity index is 899. The highest BCUT2D eigenvalue weighted by molar-refractivity contribution is 5.94. The fourth-order valence-corrected chi connectivity index (χ4v) is 3.64. The number of rotatable bonds is 3. The number of benzene rings is 3. The Balaban J connectivity index is 1.82. The van der Waals surface area contributed by atoms with Crippen LogP contribution >= 0.6 is 0 Å². The first-order valence-electron chi connectivity index (χ1n) is 9.03. The summed E-state index contributed by atoms with van der Waals surface area (Å²) >= 11 is 0. The predicted octanol–water partition coefficient (Wildman–Crippen LogP) is 3.75. The third-order valence-electron chi connectivity index (χ3n) is 4.92. The molecule has 4 rings (SSSR count). The Morgan fingerprint density at radius 2 is 1.44 bits per heavy atom. The second-order valence-corrected chi connectivity index (χ2v) is 6.59. The molecule has 1 amide bonds. The predicted molar refractivity (Wildman–Crippen MR) is 103 cm³/mol. The molecule has 2 atom stereocenters. The normalized spacial score (nSPS) is 22.4. The van der Waals surface area contributed by atoms with Gasteiger partial charge in [-0.1, -0.05) is 78.9 Å². The minimum Gasteiger partial charge on any atom is -0.360 e. The molecule has 136 valence electrons. The van der Waals surface area contributed by atoms with Gasteiger partial charge in [-0.3, -0.25) is 4.79 Å². The van der Waals surface area contributed by atoms with Gasteiger partial charge in [0.15, 0.2) is 0 Å². The first kappa shape index (κ1) is 17.5. The number of amides is 1. The third kappa shape index (κ3) is 3.25. The topological polar surface area (TPSA) is 49.8 Å². The van der Waals surface area contributed by atoms with Crippen molar-refractivity contribution in [3.05, 3.63) is 108 Å². The average molecular weight is 359 g/mol. The number of hydrogen-bond donors (Lipinski definition) is 1. The molecule has 1 saturated heterocycles. The molecule has 27 heavy (non-hydrogen) atoms. The molecular formula is C23H21NO3. The lowest BCUT2D eigenvalue weighted by atomic mass is 9.89. The summed E-state index contributed by atoms with van der Waals surface area (Å²) in [5.74, 6) is -1.74. The van der Waals surface area contributed by atoms with Crippen LogP contribution in [0.25, 0.3) is 0 Å². The summed E-state index contributed by atoms with van der Waals surface area (Å²) in [6.07, 6.45) is 0. The zero-order valence-corrected chi connectivity index (χ0v) is 14.9. The number of nitrogens with zero attached hydrogens (tertiary/aromatic N) is 1. The van der Waals surface area contributed by atoms with E-state index in [4.69, 9.17) is 4.74 Å². The highest BCUT2D eigenvalue weighted by Crippen LogP contribution is 2.43. The molecule has 1 heterocycles. The van der Waals surface area contributed by atoms with Crippen LogP contribution in [0.2, 0.25) is 0 Å². The van der Waals surface area contributed by atoms with Crippen LogP contribution in [0, 0.1) is 0 Å². The van der Waals surface area contributed by atoms with Gasteiger partial charge in [0.1, 0.15) is 6.04 Å². The van der Waals surface area contributed by atoms with E-state index in [9.17, 15) is 9.90 Å². The summed E-state index contributed by atoms with van der Waals surface area (Å²) in [7, 11) is 0. The summed E-state index contributed by atoms with van der Waals surface area (Å²) in [6, 6.07) is 27.3. The van der Waals surface area contributed by atoms with E-state index in [0.29, 0.717) is 17.7 Å². The van der Waals surface area contributed by atoms with E-state index < -0.39 is 11.8 Å². The van der Waals surface area contributed by atoms with Crippen LogP contribution in [0.4, 0.5) is 0 Å². The molecule has 0 bridgehead atoms. The molecule has 1 aliphatic heterocycles. The number of carbonyl (C=O) groups excluding carboxylic acids is 1. The largest absolute Gasteiger partial charge is 0.360 e. The van der Waals surface area contributed by atoms with Crippen molar-refractivity contribution in [3.63, 3.8) is 0 Å². The minimum absolute atomic E-state index is 0.123. The van der Waals surface area contributed by atoms with Crippen LogP contribution in [-0.4, -0.2) is 29.1 Å². The first-order valence-corrected chi connectivity index (χ1v) is 9.03. The molecule has 0 aromatic heterocycles. The maximum absolute atomic E-state index is 13.3. The molecule has 1 N–H and O–H groups in total. The monoisotopic (exact) mass is 359 g/mol. The van der Waals surface area contributed by atoms with Crippen molar-refractivity contribution < 1.29 is 14.6 Å². The molecule has 0 spiro atoms. The minimum atomic E-state index is -1.62. The molecule has 3 aromatic rings.